The summed E-state index contributed by atoms with van der Waals surface area (Å²) in [5, 5.41) is 3.69. The largest absolute Gasteiger partial charge is 0.493 e. The molecule has 1 amide bonds. The number of carbonyl (C=O) groups excluding carboxylic acids is 1. The van der Waals surface area contributed by atoms with E-state index in [1.165, 1.54) is 6.92 Å². The number of pyridine rings is 2. The molecule has 0 bridgehead atoms. The third-order valence-corrected chi connectivity index (χ3v) is 6.88. The highest BCUT2D eigenvalue weighted by molar-refractivity contribution is 5.97. The third-order valence-electron chi connectivity index (χ3n) is 6.88. The number of carbonyl (C=O) groups is 1. The SMILES string of the molecule is CC(=O)Nc1cc2c(-c3cc(OC[C@H]4CCOC4)c4c(n3)C3(CCOC3)OCC4)c[nH]c2cn1. The van der Waals surface area contributed by atoms with Crippen LogP contribution in [0.25, 0.3) is 22.2 Å². The average molecular weight is 465 g/mol. The van der Waals surface area contributed by atoms with Crippen molar-refractivity contribution in [2.45, 2.75) is 31.8 Å². The topological polar surface area (TPSA) is 108 Å². The average Bonchev–Trinajstić information content (AvgIpc) is 3.59. The molecule has 3 aromatic rings. The Balaban J connectivity index is 1.45. The van der Waals surface area contributed by atoms with Crippen LogP contribution in [0, 0.1) is 5.92 Å². The lowest BCUT2D eigenvalue weighted by atomic mass is 9.89. The van der Waals surface area contributed by atoms with Crippen molar-refractivity contribution in [3.05, 3.63) is 35.8 Å². The Bertz CT molecular complexity index is 1230. The molecule has 1 spiro atoms. The summed E-state index contributed by atoms with van der Waals surface area (Å²) in [4.78, 5) is 24.3. The number of hydrogen-bond donors (Lipinski definition) is 2. The summed E-state index contributed by atoms with van der Waals surface area (Å²) in [6.07, 6.45) is 6.19. The Hall–Kier alpha value is -3.01. The van der Waals surface area contributed by atoms with E-state index in [1.807, 2.05) is 18.3 Å². The first-order valence-electron chi connectivity index (χ1n) is 11.8. The fourth-order valence-corrected chi connectivity index (χ4v) is 5.10. The Kier molecular flexibility index (Phi) is 5.47. The van der Waals surface area contributed by atoms with Crippen LogP contribution in [0.1, 0.15) is 31.0 Å². The number of nitrogens with zero attached hydrogens (tertiary/aromatic N) is 2. The van der Waals surface area contributed by atoms with Gasteiger partial charge in [0.1, 0.15) is 17.2 Å². The lowest BCUT2D eigenvalue weighted by Crippen LogP contribution is -2.37. The van der Waals surface area contributed by atoms with Crippen LogP contribution in [0.5, 0.6) is 5.75 Å². The van der Waals surface area contributed by atoms with Crippen LogP contribution in [0.15, 0.2) is 24.5 Å². The number of fused-ring (bicyclic) bond motifs is 3. The molecule has 6 rings (SSSR count). The van der Waals surface area contributed by atoms with E-state index < -0.39 is 5.60 Å². The molecule has 3 aliphatic heterocycles. The van der Waals surface area contributed by atoms with Crippen molar-refractivity contribution in [2.24, 2.45) is 5.92 Å². The molecule has 34 heavy (non-hydrogen) atoms. The zero-order valence-corrected chi connectivity index (χ0v) is 19.2. The first-order valence-corrected chi connectivity index (χ1v) is 11.8. The van der Waals surface area contributed by atoms with Crippen molar-refractivity contribution >= 4 is 22.6 Å². The molecular formula is C25H28N4O5. The second kappa shape index (κ2) is 8.65. The first-order chi connectivity index (χ1) is 16.6. The maximum absolute atomic E-state index is 11.5. The van der Waals surface area contributed by atoms with Crippen molar-refractivity contribution in [3.63, 3.8) is 0 Å². The van der Waals surface area contributed by atoms with Crippen molar-refractivity contribution in [1.82, 2.24) is 15.0 Å². The van der Waals surface area contributed by atoms with Crippen LogP contribution >= 0.6 is 0 Å². The highest BCUT2D eigenvalue weighted by Crippen LogP contribution is 2.44. The Labute approximate surface area is 197 Å². The van der Waals surface area contributed by atoms with E-state index in [0.29, 0.717) is 38.2 Å². The highest BCUT2D eigenvalue weighted by Gasteiger charge is 2.44. The molecule has 6 heterocycles. The number of aromatic nitrogens is 3. The summed E-state index contributed by atoms with van der Waals surface area (Å²) in [5.41, 5.74) is 4.06. The van der Waals surface area contributed by atoms with E-state index in [-0.39, 0.29) is 5.91 Å². The highest BCUT2D eigenvalue weighted by atomic mass is 16.6. The normalized spacial score (nSPS) is 24.0. The molecular weight excluding hydrogens is 436 g/mol. The van der Waals surface area contributed by atoms with Gasteiger partial charge in [0.05, 0.1) is 49.5 Å². The van der Waals surface area contributed by atoms with Gasteiger partial charge in [-0.1, -0.05) is 0 Å². The van der Waals surface area contributed by atoms with Crippen LogP contribution in [-0.2, 0) is 31.0 Å². The predicted molar refractivity (Wildman–Crippen MR) is 125 cm³/mol. The molecule has 178 valence electrons. The minimum atomic E-state index is -0.535. The van der Waals surface area contributed by atoms with E-state index in [1.54, 1.807) is 6.20 Å². The smallest absolute Gasteiger partial charge is 0.222 e. The molecule has 9 nitrogen and oxygen atoms in total. The molecule has 2 N–H and O–H groups in total. The molecule has 3 aliphatic rings. The van der Waals surface area contributed by atoms with Gasteiger partial charge in [-0.2, -0.15) is 0 Å². The molecule has 0 aromatic carbocycles. The van der Waals surface area contributed by atoms with Gasteiger partial charge < -0.3 is 29.2 Å². The monoisotopic (exact) mass is 464 g/mol. The van der Waals surface area contributed by atoms with Crippen LogP contribution in [0.2, 0.25) is 0 Å². The molecule has 9 heteroatoms. The standard InChI is InChI=1S/C25H28N4O5/c1-15(30)28-23-8-18-19(10-26-21(18)11-27-23)20-9-22(33-13-16-2-5-31-12-16)17-3-6-34-25(24(17)29-20)4-7-32-14-25/h8-11,16,26H,2-7,12-14H2,1H3,(H,27,28,30)/t16-,25?/m0/s1. The molecule has 0 radical (unpaired) electrons. The number of anilines is 1. The summed E-state index contributed by atoms with van der Waals surface area (Å²) >= 11 is 0. The van der Waals surface area contributed by atoms with Crippen molar-refractivity contribution in [1.29, 1.82) is 0 Å². The lowest BCUT2D eigenvalue weighted by molar-refractivity contribution is -0.114. The number of rotatable bonds is 5. The Morgan fingerprint density at radius 3 is 3.03 bits per heavy atom. The number of nitrogens with one attached hydrogen (secondary N) is 2. The fourth-order valence-electron chi connectivity index (χ4n) is 5.10. The van der Waals surface area contributed by atoms with Crippen molar-refractivity contribution < 1.29 is 23.7 Å². The van der Waals surface area contributed by atoms with Crippen LogP contribution in [0.3, 0.4) is 0 Å². The van der Waals surface area contributed by atoms with Crippen molar-refractivity contribution in [2.75, 3.05) is 45.0 Å². The fraction of sp³-hybridized carbons (Fsp3) is 0.480. The van der Waals surface area contributed by atoms with E-state index in [4.69, 9.17) is 23.9 Å². The molecule has 3 aromatic heterocycles. The van der Waals surface area contributed by atoms with Gasteiger partial charge in [-0.15, -0.1) is 0 Å². The predicted octanol–water partition coefficient (Wildman–Crippen LogP) is 3.19. The van der Waals surface area contributed by atoms with Crippen molar-refractivity contribution in [3.8, 4) is 17.0 Å². The third kappa shape index (κ3) is 3.83. The first kappa shape index (κ1) is 21.5. The van der Waals surface area contributed by atoms with Gasteiger partial charge in [0.25, 0.3) is 0 Å². The summed E-state index contributed by atoms with van der Waals surface area (Å²) in [6.45, 7) is 5.39. The minimum absolute atomic E-state index is 0.164. The second-order valence-electron chi connectivity index (χ2n) is 9.27. The number of ether oxygens (including phenoxy) is 4. The summed E-state index contributed by atoms with van der Waals surface area (Å²) < 4.78 is 24.0. The number of H-pyrrole nitrogens is 1. The van der Waals surface area contributed by atoms with Gasteiger partial charge in [0.2, 0.25) is 5.91 Å². The van der Waals surface area contributed by atoms with Gasteiger partial charge in [0.15, 0.2) is 0 Å². The Morgan fingerprint density at radius 1 is 1.29 bits per heavy atom. The second-order valence-corrected chi connectivity index (χ2v) is 9.27. The van der Waals surface area contributed by atoms with Gasteiger partial charge in [-0.3, -0.25) is 4.79 Å². The van der Waals surface area contributed by atoms with Crippen LogP contribution < -0.4 is 10.1 Å². The van der Waals surface area contributed by atoms with E-state index >= 15 is 0 Å². The number of aromatic amines is 1. The summed E-state index contributed by atoms with van der Waals surface area (Å²) in [7, 11) is 0. The zero-order valence-electron chi connectivity index (χ0n) is 19.2. The van der Waals surface area contributed by atoms with Gasteiger partial charge in [-0.05, 0) is 12.5 Å². The molecule has 0 saturated carbocycles. The number of amides is 1. The van der Waals surface area contributed by atoms with E-state index in [0.717, 1.165) is 71.6 Å². The molecule has 2 fully saturated rings. The number of hydrogen-bond acceptors (Lipinski definition) is 7. The maximum atomic E-state index is 11.5. The minimum Gasteiger partial charge on any atom is -0.493 e. The maximum Gasteiger partial charge on any atom is 0.222 e. The summed E-state index contributed by atoms with van der Waals surface area (Å²) in [5.74, 6) is 1.59. The van der Waals surface area contributed by atoms with E-state index in [2.05, 4.69) is 15.3 Å². The van der Waals surface area contributed by atoms with Gasteiger partial charge in [-0.25, -0.2) is 9.97 Å². The zero-order chi connectivity index (χ0) is 23.1. The molecule has 2 atom stereocenters. The molecule has 0 aliphatic carbocycles. The van der Waals surface area contributed by atoms with Gasteiger partial charge >= 0.3 is 0 Å². The molecule has 1 unspecified atom stereocenters. The Morgan fingerprint density at radius 2 is 2.24 bits per heavy atom. The quantitative estimate of drug-likeness (QED) is 0.597. The van der Waals surface area contributed by atoms with Gasteiger partial charge in [0, 0.05) is 67.7 Å². The lowest BCUT2D eigenvalue weighted by Gasteiger charge is -2.34. The van der Waals surface area contributed by atoms with Crippen LogP contribution in [0.4, 0.5) is 5.82 Å². The molecule has 2 saturated heterocycles. The summed E-state index contributed by atoms with van der Waals surface area (Å²) in [6, 6.07) is 3.90. The van der Waals surface area contributed by atoms with Crippen LogP contribution in [-0.4, -0.2) is 60.5 Å². The van der Waals surface area contributed by atoms with E-state index in [9.17, 15) is 4.79 Å².